The van der Waals surface area contributed by atoms with Crippen LogP contribution in [0.3, 0.4) is 0 Å². The summed E-state index contributed by atoms with van der Waals surface area (Å²) < 4.78 is 6.15. The quantitative estimate of drug-likeness (QED) is 0.710. The normalized spacial score (nSPS) is 12.3. The minimum absolute atomic E-state index is 0.0609. The minimum Gasteiger partial charge on any atom is -0.459 e. The summed E-state index contributed by atoms with van der Waals surface area (Å²) in [6.07, 6.45) is 1.42. The number of aromatic nitrogens is 1. The van der Waals surface area contributed by atoms with E-state index in [1.54, 1.807) is 23.5 Å². The van der Waals surface area contributed by atoms with Crippen molar-refractivity contribution < 1.29 is 14.0 Å². The number of thiazole rings is 1. The van der Waals surface area contributed by atoms with Gasteiger partial charge in [0.15, 0.2) is 5.76 Å². The van der Waals surface area contributed by atoms with Gasteiger partial charge in [-0.2, -0.15) is 0 Å². The molecule has 2 N–H and O–H groups in total. The second-order valence-corrected chi connectivity index (χ2v) is 7.08. The van der Waals surface area contributed by atoms with Crippen LogP contribution in [0.1, 0.15) is 29.4 Å². The highest BCUT2D eigenvalue weighted by Crippen LogP contribution is 2.21. The fraction of sp³-hybridized carbons (Fsp3) is 0.278. The van der Waals surface area contributed by atoms with Gasteiger partial charge in [0, 0.05) is 0 Å². The van der Waals surface area contributed by atoms with E-state index in [1.165, 1.54) is 6.26 Å². The van der Waals surface area contributed by atoms with Crippen molar-refractivity contribution in [3.63, 3.8) is 0 Å². The predicted molar refractivity (Wildman–Crippen MR) is 96.3 cm³/mol. The van der Waals surface area contributed by atoms with Crippen molar-refractivity contribution in [1.29, 1.82) is 0 Å². The molecule has 6 nitrogen and oxygen atoms in total. The number of furan rings is 1. The van der Waals surface area contributed by atoms with Crippen molar-refractivity contribution >= 4 is 33.4 Å². The number of hydrogen-bond donors (Lipinski definition) is 2. The van der Waals surface area contributed by atoms with E-state index in [9.17, 15) is 9.59 Å². The van der Waals surface area contributed by atoms with Gasteiger partial charge in [-0.15, -0.1) is 11.3 Å². The molecule has 0 aliphatic carbocycles. The van der Waals surface area contributed by atoms with E-state index in [4.69, 9.17) is 4.42 Å². The van der Waals surface area contributed by atoms with E-state index in [1.807, 2.05) is 38.1 Å². The van der Waals surface area contributed by atoms with Gasteiger partial charge in [-0.1, -0.05) is 26.0 Å². The van der Waals surface area contributed by atoms with Crippen LogP contribution in [0.25, 0.3) is 10.2 Å². The van der Waals surface area contributed by atoms with Gasteiger partial charge in [0.2, 0.25) is 5.91 Å². The van der Waals surface area contributed by atoms with E-state index >= 15 is 0 Å². The third-order valence-corrected chi connectivity index (χ3v) is 4.77. The summed E-state index contributed by atoms with van der Waals surface area (Å²) in [5.41, 5.74) is 0.920. The first-order valence-electron chi connectivity index (χ1n) is 8.01. The molecule has 1 atom stereocenters. The van der Waals surface area contributed by atoms with Crippen LogP contribution in [0.5, 0.6) is 0 Å². The number of fused-ring (bicyclic) bond motifs is 1. The van der Waals surface area contributed by atoms with E-state index in [2.05, 4.69) is 15.6 Å². The molecule has 0 bridgehead atoms. The van der Waals surface area contributed by atoms with E-state index in [0.717, 1.165) is 15.2 Å². The van der Waals surface area contributed by atoms with Crippen LogP contribution < -0.4 is 10.6 Å². The molecule has 130 valence electrons. The van der Waals surface area contributed by atoms with Crippen LogP contribution in [0.15, 0.2) is 47.1 Å². The number of hydrogen-bond acceptors (Lipinski definition) is 5. The second kappa shape index (κ2) is 7.48. The zero-order valence-corrected chi connectivity index (χ0v) is 14.8. The lowest BCUT2D eigenvalue weighted by molar-refractivity contribution is -0.124. The number of carbonyl (C=O) groups excluding carboxylic acids is 2. The summed E-state index contributed by atoms with van der Waals surface area (Å²) in [5, 5.41) is 6.40. The Morgan fingerprint density at radius 1 is 1.20 bits per heavy atom. The zero-order chi connectivity index (χ0) is 17.8. The molecule has 2 heterocycles. The smallest absolute Gasteiger partial charge is 0.287 e. The predicted octanol–water partition coefficient (Wildman–Crippen LogP) is 2.96. The SMILES string of the molecule is CC(C)C(NC(=O)c1ccco1)C(=O)NCc1nc2ccccc2s1. The molecule has 0 aliphatic rings. The van der Waals surface area contributed by atoms with Crippen LogP contribution in [0.4, 0.5) is 0 Å². The monoisotopic (exact) mass is 357 g/mol. The lowest BCUT2D eigenvalue weighted by Crippen LogP contribution is -2.49. The highest BCUT2D eigenvalue weighted by Gasteiger charge is 2.25. The molecule has 2 amide bonds. The minimum atomic E-state index is -0.646. The number of nitrogens with one attached hydrogen (secondary N) is 2. The van der Waals surface area contributed by atoms with Crippen molar-refractivity contribution in [2.24, 2.45) is 5.92 Å². The Kier molecular flexibility index (Phi) is 5.14. The highest BCUT2D eigenvalue weighted by atomic mass is 32.1. The maximum atomic E-state index is 12.5. The Balaban J connectivity index is 1.63. The van der Waals surface area contributed by atoms with Gasteiger partial charge in [-0.3, -0.25) is 9.59 Å². The molecular weight excluding hydrogens is 338 g/mol. The summed E-state index contributed by atoms with van der Waals surface area (Å²) in [5.74, 6) is -0.521. The molecule has 25 heavy (non-hydrogen) atoms. The topological polar surface area (TPSA) is 84.2 Å². The Bertz CT molecular complexity index is 838. The summed E-state index contributed by atoms with van der Waals surface area (Å²) in [4.78, 5) is 29.1. The lowest BCUT2D eigenvalue weighted by atomic mass is 10.0. The molecule has 0 saturated heterocycles. The summed E-state index contributed by atoms with van der Waals surface area (Å²) in [6, 6.07) is 10.4. The van der Waals surface area contributed by atoms with Crippen molar-refractivity contribution in [2.75, 3.05) is 0 Å². The molecule has 0 spiro atoms. The molecule has 7 heteroatoms. The molecule has 0 saturated carbocycles. The summed E-state index contributed by atoms with van der Waals surface area (Å²) >= 11 is 1.54. The Labute approximate surface area is 149 Å². The molecule has 1 unspecified atom stereocenters. The van der Waals surface area contributed by atoms with Gasteiger partial charge in [-0.05, 0) is 30.2 Å². The van der Waals surface area contributed by atoms with Crippen LogP contribution in [-0.4, -0.2) is 22.8 Å². The zero-order valence-electron chi connectivity index (χ0n) is 14.0. The Hall–Kier alpha value is -2.67. The maximum absolute atomic E-state index is 12.5. The van der Waals surface area contributed by atoms with Gasteiger partial charge in [0.25, 0.3) is 5.91 Å². The van der Waals surface area contributed by atoms with Gasteiger partial charge in [0.05, 0.1) is 23.0 Å². The van der Waals surface area contributed by atoms with E-state index in [-0.39, 0.29) is 17.6 Å². The molecule has 3 aromatic rings. The van der Waals surface area contributed by atoms with Crippen LogP contribution in [0.2, 0.25) is 0 Å². The highest BCUT2D eigenvalue weighted by molar-refractivity contribution is 7.18. The van der Waals surface area contributed by atoms with Gasteiger partial charge in [0.1, 0.15) is 11.0 Å². The molecular formula is C18H19N3O3S. The number of rotatable bonds is 6. The van der Waals surface area contributed by atoms with E-state index in [0.29, 0.717) is 6.54 Å². The van der Waals surface area contributed by atoms with Gasteiger partial charge in [-0.25, -0.2) is 4.98 Å². The standard InChI is InChI=1S/C18H19N3O3S/c1-11(2)16(21-17(22)13-7-5-9-24-13)18(23)19-10-15-20-12-6-3-4-8-14(12)25-15/h3-9,11,16H,10H2,1-2H3,(H,19,23)(H,21,22). The van der Waals surface area contributed by atoms with Crippen LogP contribution >= 0.6 is 11.3 Å². The fourth-order valence-corrected chi connectivity index (χ4v) is 3.33. The Morgan fingerprint density at radius 2 is 2.00 bits per heavy atom. The van der Waals surface area contributed by atoms with Gasteiger partial charge >= 0.3 is 0 Å². The van der Waals surface area contributed by atoms with Crippen molar-refractivity contribution in [3.05, 3.63) is 53.4 Å². The third kappa shape index (κ3) is 4.06. The van der Waals surface area contributed by atoms with Gasteiger partial charge < -0.3 is 15.1 Å². The summed E-state index contributed by atoms with van der Waals surface area (Å²) in [7, 11) is 0. The second-order valence-electron chi connectivity index (χ2n) is 5.97. The fourth-order valence-electron chi connectivity index (χ4n) is 2.42. The molecule has 2 aromatic heterocycles. The lowest BCUT2D eigenvalue weighted by Gasteiger charge is -2.20. The number of benzene rings is 1. The van der Waals surface area contributed by atoms with Crippen LogP contribution in [-0.2, 0) is 11.3 Å². The molecule has 3 rings (SSSR count). The molecule has 0 fully saturated rings. The van der Waals surface area contributed by atoms with E-state index < -0.39 is 11.9 Å². The Morgan fingerprint density at radius 3 is 2.68 bits per heavy atom. The number of carbonyl (C=O) groups is 2. The number of nitrogens with zero attached hydrogens (tertiary/aromatic N) is 1. The van der Waals surface area contributed by atoms with Crippen molar-refractivity contribution in [3.8, 4) is 0 Å². The van der Waals surface area contributed by atoms with Crippen molar-refractivity contribution in [1.82, 2.24) is 15.6 Å². The third-order valence-electron chi connectivity index (χ3n) is 3.73. The summed E-state index contributed by atoms with van der Waals surface area (Å²) in [6.45, 7) is 4.09. The molecule has 0 aliphatic heterocycles. The average Bonchev–Trinajstić information content (AvgIpc) is 3.25. The maximum Gasteiger partial charge on any atom is 0.287 e. The molecule has 1 aromatic carbocycles. The molecule has 0 radical (unpaired) electrons. The average molecular weight is 357 g/mol. The number of amides is 2. The number of para-hydroxylation sites is 1. The largest absolute Gasteiger partial charge is 0.459 e. The van der Waals surface area contributed by atoms with Crippen LogP contribution in [0, 0.1) is 5.92 Å². The first kappa shape index (κ1) is 17.2. The van der Waals surface area contributed by atoms with Crippen molar-refractivity contribution in [2.45, 2.75) is 26.4 Å². The first-order valence-corrected chi connectivity index (χ1v) is 8.83. The first-order chi connectivity index (χ1) is 12.0.